The highest BCUT2D eigenvalue weighted by Crippen LogP contribution is 2.32. The monoisotopic (exact) mass is 387 g/mol. The lowest BCUT2D eigenvalue weighted by Gasteiger charge is -2.16. The Morgan fingerprint density at radius 3 is 2.73 bits per heavy atom. The number of aryl methyl sites for hydroxylation is 1. The minimum atomic E-state index is -0.863. The van der Waals surface area contributed by atoms with E-state index in [4.69, 9.17) is 4.98 Å². The van der Waals surface area contributed by atoms with Gasteiger partial charge in [0.05, 0.1) is 5.39 Å². The Balaban J connectivity index is 2.06. The minimum Gasteiger partial charge on any atom is -0.480 e. The van der Waals surface area contributed by atoms with Gasteiger partial charge in [-0.15, -0.1) is 11.3 Å². The summed E-state index contributed by atoms with van der Waals surface area (Å²) in [6.07, 6.45) is 3.42. The minimum absolute atomic E-state index is 0.535. The summed E-state index contributed by atoms with van der Waals surface area (Å²) in [4.78, 5) is 23.1. The second kappa shape index (κ2) is 8.51. The van der Waals surface area contributed by atoms with Crippen LogP contribution in [0.2, 0.25) is 0 Å². The molecular weight excluding hydrogens is 366 g/mol. The molecule has 1 aromatic carbocycles. The summed E-state index contributed by atoms with van der Waals surface area (Å²) in [7, 11) is 0. The third kappa shape index (κ3) is 4.16. The molecule has 0 amide bonds. The fourth-order valence-electron chi connectivity index (χ4n) is 2.63. The van der Waals surface area contributed by atoms with E-state index in [1.165, 1.54) is 4.88 Å². The number of hydrogen-bond acceptors (Lipinski definition) is 6. The third-order valence-electron chi connectivity index (χ3n) is 4.04. The van der Waals surface area contributed by atoms with Gasteiger partial charge in [0, 0.05) is 10.4 Å². The topological polar surface area (TPSA) is 75.1 Å². The van der Waals surface area contributed by atoms with Crippen molar-refractivity contribution in [3.05, 3.63) is 41.3 Å². The summed E-state index contributed by atoms with van der Waals surface area (Å²) >= 11 is 3.27. The van der Waals surface area contributed by atoms with Gasteiger partial charge in [-0.05, 0) is 30.9 Å². The molecule has 0 aliphatic carbocycles. The first kappa shape index (κ1) is 18.7. The van der Waals surface area contributed by atoms with Crippen molar-refractivity contribution >= 4 is 45.1 Å². The van der Waals surface area contributed by atoms with Gasteiger partial charge in [0.15, 0.2) is 5.82 Å². The van der Waals surface area contributed by atoms with Crippen molar-refractivity contribution in [2.45, 2.75) is 25.8 Å². The highest BCUT2D eigenvalue weighted by Gasteiger charge is 2.20. The molecule has 2 aromatic heterocycles. The first-order valence-electron chi connectivity index (χ1n) is 8.46. The normalized spacial score (nSPS) is 12.2. The number of thiophene rings is 1. The number of anilines is 1. The molecule has 0 fully saturated rings. The highest BCUT2D eigenvalue weighted by molar-refractivity contribution is 7.98. The molecule has 0 saturated heterocycles. The second-order valence-electron chi connectivity index (χ2n) is 5.86. The van der Waals surface area contributed by atoms with Crippen LogP contribution in [0.4, 0.5) is 5.82 Å². The average Bonchev–Trinajstić information content (AvgIpc) is 3.09. The van der Waals surface area contributed by atoms with Crippen LogP contribution in [0.25, 0.3) is 21.6 Å². The molecule has 0 spiro atoms. The number of nitrogens with one attached hydrogen (secondary N) is 1. The van der Waals surface area contributed by atoms with E-state index < -0.39 is 12.0 Å². The Morgan fingerprint density at radius 1 is 1.31 bits per heavy atom. The molecule has 5 nitrogen and oxygen atoms in total. The Morgan fingerprint density at radius 2 is 2.08 bits per heavy atom. The summed E-state index contributed by atoms with van der Waals surface area (Å²) in [5.74, 6) is 1.11. The van der Waals surface area contributed by atoms with Crippen LogP contribution in [-0.4, -0.2) is 39.1 Å². The SMILES string of the molecule is CCc1cc2c(NC(CCSC)C(=O)O)nc(-c3ccccc3)nc2s1. The van der Waals surface area contributed by atoms with E-state index in [0.29, 0.717) is 18.1 Å². The van der Waals surface area contributed by atoms with Crippen molar-refractivity contribution < 1.29 is 9.90 Å². The number of thioether (sulfide) groups is 1. The van der Waals surface area contributed by atoms with Gasteiger partial charge in [-0.1, -0.05) is 37.3 Å². The summed E-state index contributed by atoms with van der Waals surface area (Å²) in [5, 5.41) is 13.6. The fourth-order valence-corrected chi connectivity index (χ4v) is 4.07. The van der Waals surface area contributed by atoms with Gasteiger partial charge in [-0.3, -0.25) is 0 Å². The Labute approximate surface area is 160 Å². The smallest absolute Gasteiger partial charge is 0.326 e. The lowest BCUT2D eigenvalue weighted by atomic mass is 10.2. The van der Waals surface area contributed by atoms with Crippen molar-refractivity contribution in [3.63, 3.8) is 0 Å². The first-order valence-corrected chi connectivity index (χ1v) is 10.7. The first-order chi connectivity index (χ1) is 12.6. The van der Waals surface area contributed by atoms with Gasteiger partial charge in [0.25, 0.3) is 0 Å². The predicted molar refractivity (Wildman–Crippen MR) is 110 cm³/mol. The number of carboxylic acid groups (broad SMARTS) is 1. The lowest BCUT2D eigenvalue weighted by Crippen LogP contribution is -2.30. The van der Waals surface area contributed by atoms with Crippen LogP contribution in [-0.2, 0) is 11.2 Å². The van der Waals surface area contributed by atoms with Gasteiger partial charge in [0.2, 0.25) is 0 Å². The van der Waals surface area contributed by atoms with Gasteiger partial charge < -0.3 is 10.4 Å². The quantitative estimate of drug-likeness (QED) is 0.591. The number of carbonyl (C=O) groups is 1. The molecule has 3 aromatic rings. The summed E-state index contributed by atoms with van der Waals surface area (Å²) in [6, 6.07) is 11.1. The zero-order valence-electron chi connectivity index (χ0n) is 14.7. The fraction of sp³-hybridized carbons (Fsp3) is 0.316. The van der Waals surface area contributed by atoms with Crippen molar-refractivity contribution in [1.29, 1.82) is 0 Å². The summed E-state index contributed by atoms with van der Waals surface area (Å²) in [5.41, 5.74) is 0.917. The van der Waals surface area contributed by atoms with Crippen molar-refractivity contribution in [2.75, 3.05) is 17.3 Å². The number of carboxylic acids is 1. The molecule has 0 bridgehead atoms. The molecule has 1 atom stereocenters. The second-order valence-corrected chi connectivity index (χ2v) is 7.96. The Kier molecular flexibility index (Phi) is 6.11. The standard InChI is InChI=1S/C19H21N3O2S2/c1-3-13-11-14-17(20-15(19(23)24)9-10-25-2)21-16(22-18(14)26-13)12-7-5-4-6-8-12/h4-8,11,15H,3,9-10H2,1-2H3,(H,23,24)(H,20,21,22). The van der Waals surface area contributed by atoms with Gasteiger partial charge in [-0.25, -0.2) is 14.8 Å². The van der Waals surface area contributed by atoms with Crippen LogP contribution in [0.3, 0.4) is 0 Å². The molecule has 3 rings (SSSR count). The van der Waals surface area contributed by atoms with Crippen LogP contribution >= 0.6 is 23.1 Å². The molecule has 2 heterocycles. The van der Waals surface area contributed by atoms with E-state index in [9.17, 15) is 9.90 Å². The van der Waals surface area contributed by atoms with Crippen molar-refractivity contribution in [3.8, 4) is 11.4 Å². The lowest BCUT2D eigenvalue weighted by molar-refractivity contribution is -0.137. The molecular formula is C19H21N3O2S2. The van der Waals surface area contributed by atoms with Crippen LogP contribution < -0.4 is 5.32 Å². The highest BCUT2D eigenvalue weighted by atomic mass is 32.2. The van der Waals surface area contributed by atoms with Crippen molar-refractivity contribution in [2.24, 2.45) is 0 Å². The number of hydrogen-bond donors (Lipinski definition) is 2. The van der Waals surface area contributed by atoms with Crippen LogP contribution in [0, 0.1) is 0 Å². The average molecular weight is 388 g/mol. The molecule has 7 heteroatoms. The summed E-state index contributed by atoms with van der Waals surface area (Å²) < 4.78 is 0. The zero-order chi connectivity index (χ0) is 18.5. The molecule has 1 unspecified atom stereocenters. The Hall–Kier alpha value is -2.12. The van der Waals surface area contributed by atoms with E-state index >= 15 is 0 Å². The van der Waals surface area contributed by atoms with E-state index in [2.05, 4.69) is 23.3 Å². The predicted octanol–water partition coefficient (Wildman–Crippen LogP) is 4.54. The van der Waals surface area contributed by atoms with Gasteiger partial charge >= 0.3 is 5.97 Å². The number of benzene rings is 1. The molecule has 0 aliphatic heterocycles. The largest absolute Gasteiger partial charge is 0.480 e. The maximum absolute atomic E-state index is 11.6. The van der Waals surface area contributed by atoms with E-state index in [0.717, 1.165) is 28.0 Å². The molecule has 26 heavy (non-hydrogen) atoms. The number of nitrogens with zero attached hydrogens (tertiary/aromatic N) is 2. The summed E-state index contributed by atoms with van der Waals surface area (Å²) in [6.45, 7) is 2.10. The molecule has 2 N–H and O–H groups in total. The zero-order valence-corrected chi connectivity index (χ0v) is 16.4. The third-order valence-corrected chi connectivity index (χ3v) is 5.86. The van der Waals surface area contributed by atoms with Gasteiger partial charge in [0.1, 0.15) is 16.7 Å². The molecule has 136 valence electrons. The van der Waals surface area contributed by atoms with Crippen LogP contribution in [0.15, 0.2) is 36.4 Å². The van der Waals surface area contributed by atoms with E-state index in [1.807, 2.05) is 36.6 Å². The van der Waals surface area contributed by atoms with E-state index in [1.54, 1.807) is 23.1 Å². The number of fused-ring (bicyclic) bond motifs is 1. The maximum Gasteiger partial charge on any atom is 0.326 e. The number of aromatic nitrogens is 2. The van der Waals surface area contributed by atoms with E-state index in [-0.39, 0.29) is 0 Å². The number of aliphatic carboxylic acids is 1. The molecule has 0 radical (unpaired) electrons. The maximum atomic E-state index is 11.6. The number of rotatable bonds is 8. The molecule has 0 saturated carbocycles. The molecule has 0 aliphatic rings. The van der Waals surface area contributed by atoms with Crippen LogP contribution in [0.1, 0.15) is 18.2 Å². The van der Waals surface area contributed by atoms with Crippen molar-refractivity contribution in [1.82, 2.24) is 9.97 Å². The van der Waals surface area contributed by atoms with Crippen LogP contribution in [0.5, 0.6) is 0 Å². The van der Waals surface area contributed by atoms with Gasteiger partial charge in [-0.2, -0.15) is 11.8 Å². The Bertz CT molecular complexity index is 896.